The SMILES string of the molecule is CCNC(=NCC(C)(C)N(C)C)NCCc1cccc(F)c1.I. The second kappa shape index (κ2) is 10.8. The first-order valence-corrected chi connectivity index (χ1v) is 7.79. The van der Waals surface area contributed by atoms with Crippen molar-refractivity contribution in [3.05, 3.63) is 35.6 Å². The van der Waals surface area contributed by atoms with E-state index in [4.69, 9.17) is 0 Å². The van der Waals surface area contributed by atoms with Crippen molar-refractivity contribution in [1.82, 2.24) is 15.5 Å². The Hall–Kier alpha value is -0.890. The number of hydrogen-bond acceptors (Lipinski definition) is 2. The first-order chi connectivity index (χ1) is 10.3. The van der Waals surface area contributed by atoms with Crippen molar-refractivity contribution in [2.75, 3.05) is 33.7 Å². The minimum Gasteiger partial charge on any atom is -0.357 e. The van der Waals surface area contributed by atoms with Crippen molar-refractivity contribution < 1.29 is 4.39 Å². The van der Waals surface area contributed by atoms with Crippen LogP contribution in [-0.2, 0) is 6.42 Å². The lowest BCUT2D eigenvalue weighted by Gasteiger charge is -2.31. The van der Waals surface area contributed by atoms with Gasteiger partial charge in [0.25, 0.3) is 0 Å². The summed E-state index contributed by atoms with van der Waals surface area (Å²) < 4.78 is 13.1. The number of nitrogens with zero attached hydrogens (tertiary/aromatic N) is 2. The van der Waals surface area contributed by atoms with Gasteiger partial charge in [-0.3, -0.25) is 4.99 Å². The molecule has 0 fully saturated rings. The molecule has 0 radical (unpaired) electrons. The molecule has 1 aromatic carbocycles. The fourth-order valence-corrected chi connectivity index (χ4v) is 1.77. The summed E-state index contributed by atoms with van der Waals surface area (Å²) in [5.74, 6) is 0.611. The third-order valence-corrected chi connectivity index (χ3v) is 3.77. The van der Waals surface area contributed by atoms with Gasteiger partial charge in [-0.05, 0) is 59.0 Å². The Morgan fingerprint density at radius 3 is 2.52 bits per heavy atom. The lowest BCUT2D eigenvalue weighted by Crippen LogP contribution is -2.44. The molecule has 0 bridgehead atoms. The van der Waals surface area contributed by atoms with Crippen LogP contribution in [-0.4, -0.2) is 50.1 Å². The van der Waals surface area contributed by atoms with Crippen molar-refractivity contribution in [3.8, 4) is 0 Å². The van der Waals surface area contributed by atoms with E-state index in [-0.39, 0.29) is 35.3 Å². The van der Waals surface area contributed by atoms with Crippen molar-refractivity contribution >= 4 is 29.9 Å². The van der Waals surface area contributed by atoms with Gasteiger partial charge in [-0.15, -0.1) is 24.0 Å². The minimum absolute atomic E-state index is 0. The Labute approximate surface area is 157 Å². The standard InChI is InChI=1S/C17H29FN4.HI/c1-6-19-16(21-13-17(2,3)22(4)5)20-11-10-14-8-7-9-15(18)12-14;/h7-9,12H,6,10-11,13H2,1-5H3,(H2,19,20,21);1H. The molecule has 0 unspecified atom stereocenters. The Bertz CT molecular complexity index is 489. The van der Waals surface area contributed by atoms with Crippen LogP contribution in [0.2, 0.25) is 0 Å². The molecule has 1 rings (SSSR count). The normalized spacial score (nSPS) is 12.0. The van der Waals surface area contributed by atoms with E-state index in [1.807, 2.05) is 13.0 Å². The molecular formula is C17H30FIN4. The third kappa shape index (κ3) is 8.50. The smallest absolute Gasteiger partial charge is 0.191 e. The van der Waals surface area contributed by atoms with Gasteiger partial charge >= 0.3 is 0 Å². The van der Waals surface area contributed by atoms with Gasteiger partial charge in [-0.1, -0.05) is 12.1 Å². The van der Waals surface area contributed by atoms with Gasteiger partial charge in [0.1, 0.15) is 5.82 Å². The Morgan fingerprint density at radius 2 is 1.96 bits per heavy atom. The molecule has 0 aliphatic rings. The van der Waals surface area contributed by atoms with Gasteiger partial charge in [0.15, 0.2) is 5.96 Å². The summed E-state index contributed by atoms with van der Waals surface area (Å²) >= 11 is 0. The first-order valence-electron chi connectivity index (χ1n) is 7.79. The molecule has 132 valence electrons. The van der Waals surface area contributed by atoms with E-state index in [0.717, 1.165) is 31.0 Å². The zero-order valence-electron chi connectivity index (χ0n) is 14.8. The van der Waals surface area contributed by atoms with E-state index in [1.165, 1.54) is 6.07 Å². The van der Waals surface area contributed by atoms with Crippen LogP contribution in [0, 0.1) is 5.82 Å². The maximum Gasteiger partial charge on any atom is 0.191 e. The summed E-state index contributed by atoms with van der Waals surface area (Å²) in [6.07, 6.45) is 0.763. The summed E-state index contributed by atoms with van der Waals surface area (Å²) in [7, 11) is 4.11. The highest BCUT2D eigenvalue weighted by Gasteiger charge is 2.19. The Balaban J connectivity index is 0.00000484. The van der Waals surface area contributed by atoms with Crippen LogP contribution in [0.3, 0.4) is 0 Å². The summed E-state index contributed by atoms with van der Waals surface area (Å²) in [4.78, 5) is 6.79. The fraction of sp³-hybridized carbons (Fsp3) is 0.588. The van der Waals surface area contributed by atoms with E-state index >= 15 is 0 Å². The number of hydrogen-bond donors (Lipinski definition) is 2. The summed E-state index contributed by atoms with van der Waals surface area (Å²) in [5.41, 5.74) is 0.988. The van der Waals surface area contributed by atoms with Crippen LogP contribution in [0.1, 0.15) is 26.3 Å². The number of benzene rings is 1. The molecule has 0 heterocycles. The number of halogens is 2. The van der Waals surface area contributed by atoms with Gasteiger partial charge in [0.2, 0.25) is 0 Å². The van der Waals surface area contributed by atoms with Crippen LogP contribution >= 0.6 is 24.0 Å². The molecule has 0 amide bonds. The monoisotopic (exact) mass is 436 g/mol. The quantitative estimate of drug-likeness (QED) is 0.393. The predicted molar refractivity (Wildman–Crippen MR) is 107 cm³/mol. The summed E-state index contributed by atoms with van der Waals surface area (Å²) in [6, 6.07) is 6.71. The van der Waals surface area contributed by atoms with Gasteiger partial charge in [0.05, 0.1) is 6.54 Å². The largest absolute Gasteiger partial charge is 0.357 e. The number of aliphatic imine (C=N–C) groups is 1. The first kappa shape index (κ1) is 22.1. The molecule has 0 saturated heterocycles. The molecule has 0 atom stereocenters. The van der Waals surface area contributed by atoms with Crippen LogP contribution in [0.15, 0.2) is 29.3 Å². The van der Waals surface area contributed by atoms with Gasteiger partial charge < -0.3 is 15.5 Å². The number of nitrogens with one attached hydrogen (secondary N) is 2. The predicted octanol–water partition coefficient (Wildman–Crippen LogP) is 2.88. The molecule has 0 aliphatic heterocycles. The topological polar surface area (TPSA) is 39.7 Å². The number of guanidine groups is 1. The summed E-state index contributed by atoms with van der Waals surface area (Å²) in [6.45, 7) is 8.60. The summed E-state index contributed by atoms with van der Waals surface area (Å²) in [5, 5.41) is 6.54. The lowest BCUT2D eigenvalue weighted by atomic mass is 10.1. The van der Waals surface area contributed by atoms with Crippen molar-refractivity contribution in [3.63, 3.8) is 0 Å². The maximum absolute atomic E-state index is 13.1. The van der Waals surface area contributed by atoms with Crippen molar-refractivity contribution in [2.24, 2.45) is 4.99 Å². The van der Waals surface area contributed by atoms with E-state index < -0.39 is 0 Å². The fourth-order valence-electron chi connectivity index (χ4n) is 1.77. The van der Waals surface area contributed by atoms with E-state index in [0.29, 0.717) is 6.54 Å². The average Bonchev–Trinajstić information content (AvgIpc) is 2.44. The maximum atomic E-state index is 13.1. The van der Waals surface area contributed by atoms with Crippen LogP contribution < -0.4 is 10.6 Å². The Kier molecular flexibility index (Phi) is 10.4. The molecular weight excluding hydrogens is 406 g/mol. The molecule has 23 heavy (non-hydrogen) atoms. The molecule has 0 saturated carbocycles. The van der Waals surface area contributed by atoms with Crippen molar-refractivity contribution in [2.45, 2.75) is 32.7 Å². The zero-order valence-corrected chi connectivity index (χ0v) is 17.1. The number of rotatable bonds is 7. The highest BCUT2D eigenvalue weighted by atomic mass is 127. The number of likely N-dealkylation sites (N-methyl/N-ethyl adjacent to an activating group) is 1. The minimum atomic E-state index is -0.189. The van der Waals surface area contributed by atoms with Crippen molar-refractivity contribution in [1.29, 1.82) is 0 Å². The molecule has 1 aromatic rings. The van der Waals surface area contributed by atoms with Gasteiger partial charge in [0, 0.05) is 18.6 Å². The molecule has 2 N–H and O–H groups in total. The van der Waals surface area contributed by atoms with E-state index in [9.17, 15) is 4.39 Å². The van der Waals surface area contributed by atoms with E-state index in [1.54, 1.807) is 12.1 Å². The highest BCUT2D eigenvalue weighted by Crippen LogP contribution is 2.09. The molecule has 0 spiro atoms. The lowest BCUT2D eigenvalue weighted by molar-refractivity contribution is 0.204. The van der Waals surface area contributed by atoms with Crippen LogP contribution in [0.5, 0.6) is 0 Å². The molecule has 0 aromatic heterocycles. The van der Waals surface area contributed by atoms with Gasteiger partial charge in [-0.2, -0.15) is 0 Å². The van der Waals surface area contributed by atoms with Crippen LogP contribution in [0.4, 0.5) is 4.39 Å². The highest BCUT2D eigenvalue weighted by molar-refractivity contribution is 14.0. The average molecular weight is 436 g/mol. The molecule has 6 heteroatoms. The molecule has 0 aliphatic carbocycles. The van der Waals surface area contributed by atoms with E-state index in [2.05, 4.69) is 48.5 Å². The zero-order chi connectivity index (χ0) is 16.6. The second-order valence-electron chi connectivity index (χ2n) is 6.21. The molecule has 4 nitrogen and oxygen atoms in total. The third-order valence-electron chi connectivity index (χ3n) is 3.77. The second-order valence-corrected chi connectivity index (χ2v) is 6.21. The Morgan fingerprint density at radius 1 is 1.26 bits per heavy atom. The van der Waals surface area contributed by atoms with Gasteiger partial charge in [-0.25, -0.2) is 4.39 Å². The van der Waals surface area contributed by atoms with Crippen LogP contribution in [0.25, 0.3) is 0 Å².